The van der Waals surface area contributed by atoms with E-state index in [0.29, 0.717) is 0 Å². The van der Waals surface area contributed by atoms with Crippen molar-refractivity contribution in [3.63, 3.8) is 0 Å². The van der Waals surface area contributed by atoms with Crippen LogP contribution >= 0.6 is 15.9 Å². The summed E-state index contributed by atoms with van der Waals surface area (Å²) >= 11 is 3.63. The number of benzene rings is 7. The summed E-state index contributed by atoms with van der Waals surface area (Å²) < 4.78 is 10.2. The number of nitrogens with zero attached hydrogens (tertiary/aromatic N) is 3. The number of furan rings is 1. The number of hydrogen-bond donors (Lipinski definition) is 0. The first-order valence-corrected chi connectivity index (χ1v) is 18.1. The normalized spacial score (nSPS) is 11.6. The molecule has 0 spiro atoms. The largest absolute Gasteiger partial charge is 0.454 e. The number of rotatable bonds is 6. The van der Waals surface area contributed by atoms with Crippen molar-refractivity contribution in [2.75, 3.05) is 4.90 Å². The minimum atomic E-state index is 0.871. The Morgan fingerprint density at radius 1 is 0.538 bits per heavy atom. The molecule has 10 aromatic rings. The van der Waals surface area contributed by atoms with Crippen molar-refractivity contribution in [2.24, 2.45) is 0 Å². The van der Waals surface area contributed by atoms with E-state index in [4.69, 9.17) is 4.42 Å². The molecule has 3 aromatic heterocycles. The molecule has 0 fully saturated rings. The van der Waals surface area contributed by atoms with Crippen LogP contribution < -0.4 is 4.90 Å². The van der Waals surface area contributed by atoms with E-state index < -0.39 is 0 Å². The zero-order valence-electron chi connectivity index (χ0n) is 27.9. The minimum absolute atomic E-state index is 0.871. The molecule has 0 saturated carbocycles. The fourth-order valence-electron chi connectivity index (χ4n) is 7.63. The van der Waals surface area contributed by atoms with E-state index in [1.54, 1.807) is 0 Å². The van der Waals surface area contributed by atoms with E-state index in [1.807, 2.05) is 24.5 Å². The molecule has 52 heavy (non-hydrogen) atoms. The Balaban J connectivity index is 1.29. The molecule has 10 rings (SSSR count). The second-order valence-electron chi connectivity index (χ2n) is 12.9. The van der Waals surface area contributed by atoms with Gasteiger partial charge >= 0.3 is 0 Å². The van der Waals surface area contributed by atoms with Gasteiger partial charge in [0.2, 0.25) is 0 Å². The molecule has 0 aliphatic carbocycles. The third kappa shape index (κ3) is 4.93. The Bertz CT molecular complexity index is 2890. The maximum Gasteiger partial charge on any atom is 0.160 e. The first kappa shape index (κ1) is 30.4. The van der Waals surface area contributed by atoms with Gasteiger partial charge in [-0.2, -0.15) is 0 Å². The van der Waals surface area contributed by atoms with Gasteiger partial charge < -0.3 is 13.9 Å². The molecule has 0 N–H and O–H groups in total. The van der Waals surface area contributed by atoms with Gasteiger partial charge in [-0.25, -0.2) is 0 Å². The smallest absolute Gasteiger partial charge is 0.160 e. The molecule has 0 atom stereocenters. The predicted molar refractivity (Wildman–Crippen MR) is 219 cm³/mol. The highest BCUT2D eigenvalue weighted by molar-refractivity contribution is 9.10. The van der Waals surface area contributed by atoms with E-state index in [0.717, 1.165) is 82.1 Å². The molecule has 5 heteroatoms. The summed E-state index contributed by atoms with van der Waals surface area (Å²) in [7, 11) is 0. The highest BCUT2D eigenvalue weighted by Crippen LogP contribution is 2.48. The van der Waals surface area contributed by atoms with Crippen LogP contribution in [0.3, 0.4) is 0 Å². The number of halogens is 1. The number of anilines is 3. The molecular weight excluding hydrogens is 702 g/mol. The highest BCUT2D eigenvalue weighted by atomic mass is 79.9. The van der Waals surface area contributed by atoms with Crippen LogP contribution in [0.1, 0.15) is 0 Å². The van der Waals surface area contributed by atoms with Crippen molar-refractivity contribution >= 4 is 76.7 Å². The molecule has 0 amide bonds. The van der Waals surface area contributed by atoms with Crippen LogP contribution in [-0.4, -0.2) is 9.55 Å². The van der Waals surface area contributed by atoms with Gasteiger partial charge in [-0.15, -0.1) is 0 Å². The van der Waals surface area contributed by atoms with E-state index in [1.165, 1.54) is 11.1 Å². The van der Waals surface area contributed by atoms with Gasteiger partial charge in [0.1, 0.15) is 5.58 Å². The van der Waals surface area contributed by atoms with E-state index >= 15 is 0 Å². The standard InChI is InChI=1S/C47H30BrN3O/c48-34-23-19-33(20-24-34)37-13-4-6-15-41(37)50(36-12-9-29-49-30-36)42-16-8-17-43-45(42)40-28-27-39-38-14-5-7-18-44(38)52-47(39)46(40)51(43)35-25-21-32(22-26-35)31-10-2-1-3-11-31/h1-30H. The molecular formula is C47H30BrN3O. The Labute approximate surface area is 309 Å². The molecule has 0 saturated heterocycles. The van der Waals surface area contributed by atoms with Crippen LogP contribution in [0.25, 0.3) is 71.7 Å². The molecule has 0 aliphatic heterocycles. The summed E-state index contributed by atoms with van der Waals surface area (Å²) in [5.74, 6) is 0. The zero-order valence-corrected chi connectivity index (χ0v) is 29.5. The van der Waals surface area contributed by atoms with Crippen molar-refractivity contribution in [1.82, 2.24) is 9.55 Å². The van der Waals surface area contributed by atoms with Crippen LogP contribution in [0, 0.1) is 0 Å². The van der Waals surface area contributed by atoms with Crippen LogP contribution in [0.5, 0.6) is 0 Å². The van der Waals surface area contributed by atoms with Crippen LogP contribution in [0.2, 0.25) is 0 Å². The molecule has 3 heterocycles. The average Bonchev–Trinajstić information content (AvgIpc) is 3.76. The number of fused-ring (bicyclic) bond motifs is 7. The van der Waals surface area contributed by atoms with Gasteiger partial charge in [-0.1, -0.05) is 119 Å². The summed E-state index contributed by atoms with van der Waals surface area (Å²) in [5, 5.41) is 4.44. The second kappa shape index (κ2) is 12.4. The van der Waals surface area contributed by atoms with E-state index in [9.17, 15) is 0 Å². The molecule has 0 unspecified atom stereocenters. The lowest BCUT2D eigenvalue weighted by molar-refractivity contribution is 0.671. The van der Waals surface area contributed by atoms with Crippen LogP contribution in [0.4, 0.5) is 17.1 Å². The monoisotopic (exact) mass is 731 g/mol. The lowest BCUT2D eigenvalue weighted by Gasteiger charge is -2.28. The van der Waals surface area contributed by atoms with Crippen molar-refractivity contribution in [3.05, 3.63) is 187 Å². The topological polar surface area (TPSA) is 34.2 Å². The fourth-order valence-corrected chi connectivity index (χ4v) is 7.90. The summed E-state index contributed by atoms with van der Waals surface area (Å²) in [6.45, 7) is 0. The molecule has 0 aliphatic rings. The lowest BCUT2D eigenvalue weighted by Crippen LogP contribution is -2.12. The van der Waals surface area contributed by atoms with Gasteiger partial charge in [0.05, 0.1) is 34.3 Å². The summed E-state index contributed by atoms with van der Waals surface area (Å²) in [6, 6.07) is 60.0. The maximum absolute atomic E-state index is 6.76. The van der Waals surface area contributed by atoms with Crippen LogP contribution in [0.15, 0.2) is 191 Å². The van der Waals surface area contributed by atoms with Crippen molar-refractivity contribution in [1.29, 1.82) is 0 Å². The number of para-hydroxylation sites is 2. The summed E-state index contributed by atoms with van der Waals surface area (Å²) in [6.07, 6.45) is 3.77. The number of pyridine rings is 1. The van der Waals surface area contributed by atoms with Gasteiger partial charge in [0.25, 0.3) is 0 Å². The quantitative estimate of drug-likeness (QED) is 0.171. The predicted octanol–water partition coefficient (Wildman–Crippen LogP) is 13.6. The fraction of sp³-hybridized carbons (Fsp3) is 0. The molecule has 246 valence electrons. The van der Waals surface area contributed by atoms with Crippen molar-refractivity contribution < 1.29 is 4.42 Å². The summed E-state index contributed by atoms with van der Waals surface area (Å²) in [4.78, 5) is 6.94. The van der Waals surface area contributed by atoms with Gasteiger partial charge in [-0.3, -0.25) is 4.98 Å². The summed E-state index contributed by atoms with van der Waals surface area (Å²) in [5.41, 5.74) is 12.6. The Morgan fingerprint density at radius 3 is 2.08 bits per heavy atom. The highest BCUT2D eigenvalue weighted by Gasteiger charge is 2.25. The minimum Gasteiger partial charge on any atom is -0.454 e. The third-order valence-corrected chi connectivity index (χ3v) is 10.5. The first-order valence-electron chi connectivity index (χ1n) is 17.3. The third-order valence-electron chi connectivity index (χ3n) is 9.95. The molecule has 0 bridgehead atoms. The SMILES string of the molecule is Brc1ccc(-c2ccccc2N(c2cccnc2)c2cccc3c2c2ccc4c5ccccc5oc4c2n3-c2ccc(-c3ccccc3)cc2)cc1. The van der Waals surface area contributed by atoms with Gasteiger partial charge in [-0.05, 0) is 83.4 Å². The molecule has 7 aromatic carbocycles. The van der Waals surface area contributed by atoms with Crippen molar-refractivity contribution in [2.45, 2.75) is 0 Å². The number of aromatic nitrogens is 2. The lowest BCUT2D eigenvalue weighted by atomic mass is 10.0. The van der Waals surface area contributed by atoms with Gasteiger partial charge in [0.15, 0.2) is 5.58 Å². The average molecular weight is 733 g/mol. The first-order chi connectivity index (χ1) is 25.7. The van der Waals surface area contributed by atoms with Gasteiger partial charge in [0, 0.05) is 43.5 Å². The number of hydrogen-bond acceptors (Lipinski definition) is 3. The molecule has 4 nitrogen and oxygen atoms in total. The van der Waals surface area contributed by atoms with Crippen molar-refractivity contribution in [3.8, 4) is 27.9 Å². The zero-order chi connectivity index (χ0) is 34.6. The Kier molecular flexibility index (Phi) is 7.25. The molecule has 0 radical (unpaired) electrons. The Hall–Kier alpha value is -6.43. The maximum atomic E-state index is 6.76. The van der Waals surface area contributed by atoms with E-state index in [-0.39, 0.29) is 0 Å². The van der Waals surface area contributed by atoms with E-state index in [2.05, 4.69) is 188 Å². The Morgan fingerprint density at radius 2 is 1.25 bits per heavy atom. The second-order valence-corrected chi connectivity index (χ2v) is 13.8. The van der Waals surface area contributed by atoms with Crippen LogP contribution in [-0.2, 0) is 0 Å².